The lowest BCUT2D eigenvalue weighted by molar-refractivity contribution is -0.131. The van der Waals surface area contributed by atoms with Gasteiger partial charge in [0, 0.05) is 48.7 Å². The number of allylic oxidation sites excluding steroid dienone is 1. The lowest BCUT2D eigenvalue weighted by Gasteiger charge is -2.43. The van der Waals surface area contributed by atoms with Gasteiger partial charge in [0.2, 0.25) is 0 Å². The van der Waals surface area contributed by atoms with Crippen LogP contribution in [0.1, 0.15) is 35.5 Å². The van der Waals surface area contributed by atoms with E-state index in [1.807, 2.05) is 24.3 Å². The quantitative estimate of drug-likeness (QED) is 0.585. The van der Waals surface area contributed by atoms with Crippen LogP contribution in [0.5, 0.6) is 0 Å². The number of carboxylic acids is 1. The molecule has 1 aliphatic rings. The summed E-state index contributed by atoms with van der Waals surface area (Å²) in [5, 5.41) is 8.64. The van der Waals surface area contributed by atoms with Gasteiger partial charge < -0.3 is 10.0 Å². The van der Waals surface area contributed by atoms with Gasteiger partial charge in [-0.15, -0.1) is 0 Å². The van der Waals surface area contributed by atoms with Crippen molar-refractivity contribution in [2.75, 3.05) is 25.0 Å². The zero-order valence-electron chi connectivity index (χ0n) is 17.5. The number of aliphatic carboxylic acids is 1. The maximum Gasteiger partial charge on any atom is 0.328 e. The molecule has 0 saturated carbocycles. The Bertz CT molecular complexity index is 937. The van der Waals surface area contributed by atoms with E-state index in [0.29, 0.717) is 23.3 Å². The van der Waals surface area contributed by atoms with Gasteiger partial charge in [-0.2, -0.15) is 0 Å². The van der Waals surface area contributed by atoms with Crippen LogP contribution in [0.3, 0.4) is 0 Å². The van der Waals surface area contributed by atoms with Gasteiger partial charge in [-0.3, -0.25) is 14.7 Å². The number of benzene rings is 1. The SMILES string of the molecule is C[C@@H]1CN(c2ccc(C(=O)/C=C/c3ccc(/C=C/C(=O)O)nc3)cc2)C[C@H](C)N1C. The van der Waals surface area contributed by atoms with Crippen molar-refractivity contribution in [3.63, 3.8) is 0 Å². The lowest BCUT2D eigenvalue weighted by Crippen LogP contribution is -2.55. The Morgan fingerprint density at radius 3 is 2.23 bits per heavy atom. The van der Waals surface area contributed by atoms with Crippen molar-refractivity contribution in [1.29, 1.82) is 0 Å². The number of aromatic nitrogens is 1. The van der Waals surface area contributed by atoms with Gasteiger partial charge in [-0.1, -0.05) is 6.07 Å². The largest absolute Gasteiger partial charge is 0.478 e. The molecule has 0 unspecified atom stereocenters. The second kappa shape index (κ2) is 9.50. The minimum absolute atomic E-state index is 0.0727. The second-order valence-electron chi connectivity index (χ2n) is 7.70. The van der Waals surface area contributed by atoms with Gasteiger partial charge in [0.25, 0.3) is 0 Å². The molecule has 2 heterocycles. The molecule has 1 aromatic carbocycles. The van der Waals surface area contributed by atoms with Crippen LogP contribution in [0.4, 0.5) is 5.69 Å². The van der Waals surface area contributed by atoms with E-state index in [4.69, 9.17) is 5.11 Å². The van der Waals surface area contributed by atoms with Crippen molar-refractivity contribution in [2.45, 2.75) is 25.9 Å². The van der Waals surface area contributed by atoms with Gasteiger partial charge in [0.15, 0.2) is 5.78 Å². The zero-order valence-corrected chi connectivity index (χ0v) is 17.5. The van der Waals surface area contributed by atoms with E-state index in [2.05, 4.69) is 35.7 Å². The fraction of sp³-hybridized carbons (Fsp3) is 0.292. The molecule has 0 bridgehead atoms. The molecule has 0 spiro atoms. The molecule has 1 saturated heterocycles. The second-order valence-corrected chi connectivity index (χ2v) is 7.70. The van der Waals surface area contributed by atoms with E-state index in [-0.39, 0.29) is 5.78 Å². The monoisotopic (exact) mass is 405 g/mol. The van der Waals surface area contributed by atoms with Crippen LogP contribution < -0.4 is 4.90 Å². The first kappa shape index (κ1) is 21.5. The number of ketones is 1. The van der Waals surface area contributed by atoms with Crippen molar-refractivity contribution >= 4 is 29.6 Å². The normalized spacial score (nSPS) is 20.2. The Hall–Kier alpha value is -3.25. The summed E-state index contributed by atoms with van der Waals surface area (Å²) in [6.07, 6.45) is 7.29. The highest BCUT2D eigenvalue weighted by molar-refractivity contribution is 6.07. The van der Waals surface area contributed by atoms with Gasteiger partial charge in [0.05, 0.1) is 5.69 Å². The molecule has 2 atom stereocenters. The lowest BCUT2D eigenvalue weighted by atomic mass is 10.1. The molecule has 6 heteroatoms. The van der Waals surface area contributed by atoms with Crippen LogP contribution >= 0.6 is 0 Å². The summed E-state index contributed by atoms with van der Waals surface area (Å²) in [6.45, 7) is 6.40. The Kier molecular flexibility index (Phi) is 6.79. The number of carboxylic acid groups (broad SMARTS) is 1. The molecule has 3 rings (SSSR count). The summed E-state index contributed by atoms with van der Waals surface area (Å²) in [4.78, 5) is 31.9. The molecule has 1 fully saturated rings. The first-order valence-electron chi connectivity index (χ1n) is 10.00. The van der Waals surface area contributed by atoms with E-state index in [1.165, 1.54) is 12.2 Å². The minimum Gasteiger partial charge on any atom is -0.478 e. The number of carbonyl (C=O) groups excluding carboxylic acids is 1. The third-order valence-electron chi connectivity index (χ3n) is 5.51. The zero-order chi connectivity index (χ0) is 21.7. The number of likely N-dealkylation sites (N-methyl/N-ethyl adjacent to an activating group) is 1. The third kappa shape index (κ3) is 5.42. The van der Waals surface area contributed by atoms with Crippen LogP contribution in [0.25, 0.3) is 12.2 Å². The average molecular weight is 405 g/mol. The van der Waals surface area contributed by atoms with Crippen LogP contribution in [0.15, 0.2) is 54.7 Å². The molecule has 6 nitrogen and oxygen atoms in total. The number of hydrogen-bond donors (Lipinski definition) is 1. The van der Waals surface area contributed by atoms with Crippen molar-refractivity contribution < 1.29 is 14.7 Å². The van der Waals surface area contributed by atoms with Crippen LogP contribution in [-0.4, -0.2) is 59.0 Å². The number of anilines is 1. The summed E-state index contributed by atoms with van der Waals surface area (Å²) in [5.74, 6) is -1.09. The summed E-state index contributed by atoms with van der Waals surface area (Å²) in [6, 6.07) is 12.2. The number of carbonyl (C=O) groups is 2. The number of hydrogen-bond acceptors (Lipinski definition) is 5. The first-order valence-corrected chi connectivity index (χ1v) is 10.00. The molecule has 1 aromatic heterocycles. The smallest absolute Gasteiger partial charge is 0.328 e. The van der Waals surface area contributed by atoms with Gasteiger partial charge in [0.1, 0.15) is 0 Å². The maximum absolute atomic E-state index is 12.5. The highest BCUT2D eigenvalue weighted by atomic mass is 16.4. The highest BCUT2D eigenvalue weighted by Gasteiger charge is 2.26. The van der Waals surface area contributed by atoms with Crippen LogP contribution in [0, 0.1) is 0 Å². The minimum atomic E-state index is -1.02. The summed E-state index contributed by atoms with van der Waals surface area (Å²) >= 11 is 0. The van der Waals surface area contributed by atoms with Gasteiger partial charge >= 0.3 is 5.97 Å². The maximum atomic E-state index is 12.5. The van der Waals surface area contributed by atoms with Crippen LogP contribution in [-0.2, 0) is 4.79 Å². The van der Waals surface area contributed by atoms with Gasteiger partial charge in [-0.05, 0) is 75.0 Å². The Balaban J connectivity index is 1.62. The highest BCUT2D eigenvalue weighted by Crippen LogP contribution is 2.22. The predicted octanol–water partition coefficient (Wildman–Crippen LogP) is 3.60. The molecule has 0 radical (unpaired) electrons. The van der Waals surface area contributed by atoms with Crippen molar-refractivity contribution in [1.82, 2.24) is 9.88 Å². The first-order chi connectivity index (χ1) is 14.3. The van der Waals surface area contributed by atoms with Crippen molar-refractivity contribution in [2.24, 2.45) is 0 Å². The number of pyridine rings is 1. The average Bonchev–Trinajstić information content (AvgIpc) is 2.74. The number of piperazine rings is 1. The fourth-order valence-electron chi connectivity index (χ4n) is 3.49. The van der Waals surface area contributed by atoms with Gasteiger partial charge in [-0.25, -0.2) is 4.79 Å². The molecule has 1 aliphatic heterocycles. The molecular formula is C24H27N3O3. The Labute approximate surface area is 177 Å². The van der Waals surface area contributed by atoms with Crippen LogP contribution in [0.2, 0.25) is 0 Å². The van der Waals surface area contributed by atoms with E-state index in [9.17, 15) is 9.59 Å². The van der Waals surface area contributed by atoms with E-state index in [1.54, 1.807) is 24.4 Å². The number of rotatable bonds is 6. The summed E-state index contributed by atoms with van der Waals surface area (Å²) < 4.78 is 0. The van der Waals surface area contributed by atoms with E-state index >= 15 is 0 Å². The van der Waals surface area contributed by atoms with Crippen molar-refractivity contribution in [3.05, 3.63) is 71.6 Å². The van der Waals surface area contributed by atoms with E-state index < -0.39 is 5.97 Å². The Morgan fingerprint density at radius 2 is 1.67 bits per heavy atom. The molecule has 156 valence electrons. The molecule has 30 heavy (non-hydrogen) atoms. The molecular weight excluding hydrogens is 378 g/mol. The summed E-state index contributed by atoms with van der Waals surface area (Å²) in [7, 11) is 2.16. The molecule has 2 aromatic rings. The molecule has 0 amide bonds. The number of nitrogens with zero attached hydrogens (tertiary/aromatic N) is 3. The molecule has 0 aliphatic carbocycles. The van der Waals surface area contributed by atoms with E-state index in [0.717, 1.165) is 30.4 Å². The van der Waals surface area contributed by atoms with Crippen molar-refractivity contribution in [3.8, 4) is 0 Å². The summed E-state index contributed by atoms with van der Waals surface area (Å²) in [5.41, 5.74) is 3.09. The third-order valence-corrected chi connectivity index (χ3v) is 5.51. The predicted molar refractivity (Wildman–Crippen MR) is 120 cm³/mol. The Morgan fingerprint density at radius 1 is 1.00 bits per heavy atom. The standard InChI is InChI=1S/C24H27N3O3/c1-17-15-27(16-18(2)26(17)3)22-10-6-20(7-11-22)23(28)12-5-19-4-8-21(25-14-19)9-13-24(29)30/h4-14,17-18H,15-16H2,1-3H3,(H,29,30)/b12-5+,13-9+/t17-,18+. The topological polar surface area (TPSA) is 73.7 Å². The fourth-order valence-corrected chi connectivity index (χ4v) is 3.49. The molecule has 1 N–H and O–H groups in total.